The number of hydrogen-bond acceptors (Lipinski definition) is 3. The van der Waals surface area contributed by atoms with Gasteiger partial charge in [0.25, 0.3) is 0 Å². The molecule has 3 rings (SSSR count). The number of aryl methyl sites for hydroxylation is 1. The minimum Gasteiger partial charge on any atom is -0.317 e. The van der Waals surface area contributed by atoms with Crippen molar-refractivity contribution in [1.29, 1.82) is 0 Å². The SMILES string of the molecule is Cc1ccc(CN(CC2CCNCC2)C2CC2)cn1. The van der Waals surface area contributed by atoms with Gasteiger partial charge in [-0.2, -0.15) is 0 Å². The van der Waals surface area contributed by atoms with Gasteiger partial charge in [-0.15, -0.1) is 0 Å². The monoisotopic (exact) mass is 259 g/mol. The maximum absolute atomic E-state index is 4.42. The molecule has 0 aromatic carbocycles. The molecule has 1 aromatic heterocycles. The summed E-state index contributed by atoms with van der Waals surface area (Å²) in [5.74, 6) is 0.889. The minimum absolute atomic E-state index is 0.844. The van der Waals surface area contributed by atoms with Gasteiger partial charge in [0.2, 0.25) is 0 Å². The molecule has 3 heteroatoms. The van der Waals surface area contributed by atoms with Gasteiger partial charge in [0, 0.05) is 31.0 Å². The summed E-state index contributed by atoms with van der Waals surface area (Å²) in [7, 11) is 0. The molecule has 0 amide bonds. The number of rotatable bonds is 5. The van der Waals surface area contributed by atoms with Gasteiger partial charge < -0.3 is 5.32 Å². The Kier molecular flexibility index (Phi) is 4.14. The Morgan fingerprint density at radius 2 is 2.00 bits per heavy atom. The van der Waals surface area contributed by atoms with Gasteiger partial charge in [-0.3, -0.25) is 9.88 Å². The molecule has 19 heavy (non-hydrogen) atoms. The summed E-state index contributed by atoms with van der Waals surface area (Å²) in [6.07, 6.45) is 7.52. The topological polar surface area (TPSA) is 28.2 Å². The number of piperidine rings is 1. The number of nitrogens with one attached hydrogen (secondary N) is 1. The van der Waals surface area contributed by atoms with Crippen LogP contribution in [-0.2, 0) is 6.54 Å². The predicted octanol–water partition coefficient (Wildman–Crippen LogP) is 2.35. The highest BCUT2D eigenvalue weighted by Crippen LogP contribution is 2.30. The predicted molar refractivity (Wildman–Crippen MR) is 78.0 cm³/mol. The lowest BCUT2D eigenvalue weighted by molar-refractivity contribution is 0.190. The summed E-state index contributed by atoms with van der Waals surface area (Å²) in [6.45, 7) is 6.82. The first-order valence-electron chi connectivity index (χ1n) is 7.67. The Hall–Kier alpha value is -0.930. The van der Waals surface area contributed by atoms with Crippen LogP contribution in [0.5, 0.6) is 0 Å². The van der Waals surface area contributed by atoms with Gasteiger partial charge in [-0.1, -0.05) is 6.07 Å². The molecule has 1 aromatic rings. The van der Waals surface area contributed by atoms with E-state index < -0.39 is 0 Å². The number of aromatic nitrogens is 1. The molecule has 104 valence electrons. The first-order valence-corrected chi connectivity index (χ1v) is 7.67. The largest absolute Gasteiger partial charge is 0.317 e. The Labute approximate surface area is 116 Å². The van der Waals surface area contributed by atoms with Crippen molar-refractivity contribution in [2.45, 2.75) is 45.2 Å². The van der Waals surface area contributed by atoms with E-state index in [1.807, 2.05) is 6.20 Å². The van der Waals surface area contributed by atoms with Gasteiger partial charge in [-0.25, -0.2) is 0 Å². The highest BCUT2D eigenvalue weighted by molar-refractivity contribution is 5.13. The third kappa shape index (κ3) is 3.77. The standard InChI is InChI=1S/C16H25N3/c1-13-2-3-15(10-18-13)12-19(16-4-5-16)11-14-6-8-17-9-7-14/h2-3,10,14,16-17H,4-9,11-12H2,1H3. The Balaban J connectivity index is 1.59. The molecule has 1 aliphatic carbocycles. The van der Waals surface area contributed by atoms with E-state index in [2.05, 4.69) is 34.3 Å². The second kappa shape index (κ2) is 6.02. The van der Waals surface area contributed by atoms with E-state index >= 15 is 0 Å². The van der Waals surface area contributed by atoms with E-state index in [4.69, 9.17) is 0 Å². The molecule has 1 saturated carbocycles. The fraction of sp³-hybridized carbons (Fsp3) is 0.688. The second-order valence-electron chi connectivity index (χ2n) is 6.16. The summed E-state index contributed by atoms with van der Waals surface area (Å²) < 4.78 is 0. The third-order valence-electron chi connectivity index (χ3n) is 4.37. The summed E-state index contributed by atoms with van der Waals surface area (Å²) >= 11 is 0. The summed E-state index contributed by atoms with van der Waals surface area (Å²) in [6, 6.07) is 5.21. The van der Waals surface area contributed by atoms with Gasteiger partial charge in [-0.05, 0) is 63.2 Å². The van der Waals surface area contributed by atoms with Crippen molar-refractivity contribution >= 4 is 0 Å². The zero-order valence-electron chi connectivity index (χ0n) is 11.9. The van der Waals surface area contributed by atoms with Crippen LogP contribution < -0.4 is 5.32 Å². The average Bonchev–Trinajstić information content (AvgIpc) is 3.26. The van der Waals surface area contributed by atoms with Crippen LogP contribution in [0.3, 0.4) is 0 Å². The van der Waals surface area contributed by atoms with Crippen LogP contribution in [0.25, 0.3) is 0 Å². The van der Waals surface area contributed by atoms with E-state index in [1.165, 1.54) is 50.9 Å². The Bertz CT molecular complexity index is 391. The molecule has 0 radical (unpaired) electrons. The van der Waals surface area contributed by atoms with E-state index in [-0.39, 0.29) is 0 Å². The molecule has 0 unspecified atom stereocenters. The zero-order chi connectivity index (χ0) is 13.1. The highest BCUT2D eigenvalue weighted by atomic mass is 15.2. The van der Waals surface area contributed by atoms with Gasteiger partial charge in [0.15, 0.2) is 0 Å². The molecule has 0 spiro atoms. The van der Waals surface area contributed by atoms with E-state index in [0.29, 0.717) is 0 Å². The van der Waals surface area contributed by atoms with Crippen LogP contribution in [0.4, 0.5) is 0 Å². The highest BCUT2D eigenvalue weighted by Gasteiger charge is 2.30. The lowest BCUT2D eigenvalue weighted by Crippen LogP contribution is -2.37. The molecule has 0 atom stereocenters. The van der Waals surface area contributed by atoms with Crippen molar-refractivity contribution in [3.63, 3.8) is 0 Å². The Morgan fingerprint density at radius 1 is 1.21 bits per heavy atom. The summed E-state index contributed by atoms with van der Waals surface area (Å²) in [5, 5.41) is 3.46. The summed E-state index contributed by atoms with van der Waals surface area (Å²) in [4.78, 5) is 7.12. The first-order chi connectivity index (χ1) is 9.31. The van der Waals surface area contributed by atoms with Crippen molar-refractivity contribution in [1.82, 2.24) is 15.2 Å². The van der Waals surface area contributed by atoms with Crippen molar-refractivity contribution in [2.24, 2.45) is 5.92 Å². The van der Waals surface area contributed by atoms with Crippen molar-refractivity contribution in [3.05, 3.63) is 29.6 Å². The molecule has 1 saturated heterocycles. The molecule has 1 aliphatic heterocycles. The second-order valence-corrected chi connectivity index (χ2v) is 6.16. The zero-order valence-corrected chi connectivity index (χ0v) is 11.9. The van der Waals surface area contributed by atoms with Crippen LogP contribution in [0.1, 0.15) is 36.9 Å². The summed E-state index contributed by atoms with van der Waals surface area (Å²) in [5.41, 5.74) is 2.48. The fourth-order valence-electron chi connectivity index (χ4n) is 3.00. The molecule has 3 nitrogen and oxygen atoms in total. The maximum Gasteiger partial charge on any atom is 0.0372 e. The van der Waals surface area contributed by atoms with Crippen LogP contribution in [0.15, 0.2) is 18.3 Å². The molecule has 2 heterocycles. The molecule has 0 bridgehead atoms. The molecule has 1 N–H and O–H groups in total. The van der Waals surface area contributed by atoms with E-state index in [1.54, 1.807) is 0 Å². The van der Waals surface area contributed by atoms with Gasteiger partial charge in [0.05, 0.1) is 0 Å². The first kappa shape index (κ1) is 13.1. The fourth-order valence-corrected chi connectivity index (χ4v) is 3.00. The van der Waals surface area contributed by atoms with Crippen LogP contribution in [-0.4, -0.2) is 35.6 Å². The smallest absolute Gasteiger partial charge is 0.0372 e. The van der Waals surface area contributed by atoms with E-state index in [9.17, 15) is 0 Å². The van der Waals surface area contributed by atoms with Crippen molar-refractivity contribution in [2.75, 3.05) is 19.6 Å². The quantitative estimate of drug-likeness (QED) is 0.880. The lowest BCUT2D eigenvalue weighted by atomic mass is 9.97. The molecule has 2 fully saturated rings. The third-order valence-corrected chi connectivity index (χ3v) is 4.37. The number of hydrogen-bond donors (Lipinski definition) is 1. The van der Waals surface area contributed by atoms with E-state index in [0.717, 1.165) is 24.2 Å². The minimum atomic E-state index is 0.844. The Morgan fingerprint density at radius 3 is 2.63 bits per heavy atom. The van der Waals surface area contributed by atoms with Gasteiger partial charge >= 0.3 is 0 Å². The van der Waals surface area contributed by atoms with Crippen LogP contribution in [0.2, 0.25) is 0 Å². The molecule has 2 aliphatic rings. The van der Waals surface area contributed by atoms with Crippen molar-refractivity contribution < 1.29 is 0 Å². The van der Waals surface area contributed by atoms with Crippen LogP contribution >= 0.6 is 0 Å². The van der Waals surface area contributed by atoms with Crippen LogP contribution in [0, 0.1) is 12.8 Å². The normalized spacial score (nSPS) is 20.9. The molecular weight excluding hydrogens is 234 g/mol. The van der Waals surface area contributed by atoms with Crippen molar-refractivity contribution in [3.8, 4) is 0 Å². The average molecular weight is 259 g/mol. The lowest BCUT2D eigenvalue weighted by Gasteiger charge is -2.30. The maximum atomic E-state index is 4.42. The van der Waals surface area contributed by atoms with Gasteiger partial charge in [0.1, 0.15) is 0 Å². The molecular formula is C16H25N3. The number of nitrogens with zero attached hydrogens (tertiary/aromatic N) is 2. The number of pyridine rings is 1.